The number of aromatic nitrogens is 2. The van der Waals surface area contributed by atoms with Gasteiger partial charge in [0.1, 0.15) is 12.5 Å². The topological polar surface area (TPSA) is 49.3 Å². The number of carbonyl (C=O) groups is 1. The molecule has 0 saturated carbocycles. The van der Waals surface area contributed by atoms with Crippen LogP contribution in [0.1, 0.15) is 27.2 Å². The SMILES string of the molecule is Cc1cc(F)ccc1N1CN(c2ccnnc2C)C(=O)c2cc(C(F)(F)F)ccc21. The summed E-state index contributed by atoms with van der Waals surface area (Å²) < 4.78 is 53.5. The number of halogens is 4. The van der Waals surface area contributed by atoms with Crippen LogP contribution in [0.4, 0.5) is 34.6 Å². The van der Waals surface area contributed by atoms with Crippen LogP contribution in [0.25, 0.3) is 0 Å². The summed E-state index contributed by atoms with van der Waals surface area (Å²) in [7, 11) is 0. The molecule has 30 heavy (non-hydrogen) atoms. The third kappa shape index (κ3) is 3.36. The number of aryl methyl sites for hydroxylation is 2. The molecular weight excluding hydrogens is 400 g/mol. The minimum absolute atomic E-state index is 0.0240. The molecule has 0 radical (unpaired) electrons. The second-order valence-electron chi connectivity index (χ2n) is 6.96. The average molecular weight is 416 g/mol. The van der Waals surface area contributed by atoms with E-state index in [1.807, 2.05) is 0 Å². The lowest BCUT2D eigenvalue weighted by Crippen LogP contribution is -2.45. The Hall–Kier alpha value is -3.49. The molecule has 0 bridgehead atoms. The molecule has 1 amide bonds. The van der Waals surface area contributed by atoms with Crippen LogP contribution in [0.15, 0.2) is 48.7 Å². The number of hydrogen-bond acceptors (Lipinski definition) is 4. The fourth-order valence-corrected chi connectivity index (χ4v) is 3.54. The van der Waals surface area contributed by atoms with Crippen LogP contribution in [0.3, 0.4) is 0 Å². The summed E-state index contributed by atoms with van der Waals surface area (Å²) >= 11 is 0. The highest BCUT2D eigenvalue weighted by Gasteiger charge is 2.37. The Morgan fingerprint density at radius 2 is 1.67 bits per heavy atom. The van der Waals surface area contributed by atoms with E-state index < -0.39 is 23.5 Å². The Morgan fingerprint density at radius 3 is 2.33 bits per heavy atom. The Morgan fingerprint density at radius 1 is 0.933 bits per heavy atom. The maximum atomic E-state index is 13.6. The molecule has 0 fully saturated rings. The first kappa shape index (κ1) is 19.8. The zero-order valence-electron chi connectivity index (χ0n) is 16.0. The van der Waals surface area contributed by atoms with Gasteiger partial charge in [0, 0.05) is 5.69 Å². The summed E-state index contributed by atoms with van der Waals surface area (Å²) in [4.78, 5) is 16.2. The van der Waals surface area contributed by atoms with Crippen LogP contribution < -0.4 is 9.80 Å². The molecule has 2 heterocycles. The van der Waals surface area contributed by atoms with Crippen molar-refractivity contribution in [3.63, 3.8) is 0 Å². The number of benzene rings is 2. The minimum atomic E-state index is -4.59. The molecule has 0 spiro atoms. The molecule has 1 aliphatic rings. The lowest BCUT2D eigenvalue weighted by Gasteiger charge is -2.39. The standard InChI is InChI=1S/C21H16F4N4O/c1-12-9-15(22)4-6-17(12)28-11-29(18-7-8-26-27-13(18)2)20(30)16-10-14(21(23,24)25)3-5-19(16)28/h3-10H,11H2,1-2H3. The van der Waals surface area contributed by atoms with Crippen molar-refractivity contribution in [3.8, 4) is 0 Å². The first-order valence-electron chi connectivity index (χ1n) is 9.02. The van der Waals surface area contributed by atoms with E-state index in [0.717, 1.165) is 12.1 Å². The van der Waals surface area contributed by atoms with Crippen molar-refractivity contribution < 1.29 is 22.4 Å². The van der Waals surface area contributed by atoms with E-state index in [1.165, 1.54) is 35.4 Å². The highest BCUT2D eigenvalue weighted by atomic mass is 19.4. The van der Waals surface area contributed by atoms with Crippen molar-refractivity contribution in [2.45, 2.75) is 20.0 Å². The smallest absolute Gasteiger partial charge is 0.322 e. The first-order valence-corrected chi connectivity index (χ1v) is 9.02. The number of rotatable bonds is 2. The molecule has 3 aromatic rings. The van der Waals surface area contributed by atoms with Gasteiger partial charge < -0.3 is 4.90 Å². The highest BCUT2D eigenvalue weighted by molar-refractivity contribution is 6.13. The molecule has 1 aromatic heterocycles. The number of carbonyl (C=O) groups excluding carboxylic acids is 1. The van der Waals surface area contributed by atoms with Gasteiger partial charge in [-0.2, -0.15) is 23.4 Å². The molecule has 154 valence electrons. The lowest BCUT2D eigenvalue weighted by molar-refractivity contribution is -0.137. The van der Waals surface area contributed by atoms with Crippen molar-refractivity contribution in [2.75, 3.05) is 16.5 Å². The Kier molecular flexibility index (Phi) is 4.68. The number of alkyl halides is 3. The van der Waals surface area contributed by atoms with E-state index in [1.54, 1.807) is 24.8 Å². The highest BCUT2D eigenvalue weighted by Crippen LogP contribution is 2.40. The predicted molar refractivity (Wildman–Crippen MR) is 103 cm³/mol. The molecule has 9 heteroatoms. The van der Waals surface area contributed by atoms with Crippen LogP contribution in [-0.4, -0.2) is 22.8 Å². The van der Waals surface area contributed by atoms with Crippen molar-refractivity contribution in [1.29, 1.82) is 0 Å². The van der Waals surface area contributed by atoms with E-state index >= 15 is 0 Å². The summed E-state index contributed by atoms with van der Waals surface area (Å²) in [6, 6.07) is 8.78. The molecule has 4 rings (SSSR count). The summed E-state index contributed by atoms with van der Waals surface area (Å²) in [5.74, 6) is -1.01. The maximum Gasteiger partial charge on any atom is 0.416 e. The first-order chi connectivity index (χ1) is 14.2. The van der Waals surface area contributed by atoms with E-state index in [2.05, 4.69) is 10.2 Å². The van der Waals surface area contributed by atoms with Crippen molar-refractivity contribution in [1.82, 2.24) is 10.2 Å². The van der Waals surface area contributed by atoms with E-state index in [9.17, 15) is 22.4 Å². The van der Waals surface area contributed by atoms with Crippen LogP contribution in [0, 0.1) is 19.7 Å². The van der Waals surface area contributed by atoms with E-state index in [-0.39, 0.29) is 12.2 Å². The zero-order chi connectivity index (χ0) is 21.6. The van der Waals surface area contributed by atoms with Crippen molar-refractivity contribution >= 4 is 23.0 Å². The van der Waals surface area contributed by atoms with Gasteiger partial charge in [0.05, 0.1) is 34.4 Å². The van der Waals surface area contributed by atoms with Gasteiger partial charge in [-0.15, -0.1) is 0 Å². The third-order valence-electron chi connectivity index (χ3n) is 4.99. The number of anilines is 3. The van der Waals surface area contributed by atoms with E-state index in [0.29, 0.717) is 28.3 Å². The summed E-state index contributed by atoms with van der Waals surface area (Å²) in [5.41, 5.74) is 1.35. The number of fused-ring (bicyclic) bond motifs is 1. The summed E-state index contributed by atoms with van der Waals surface area (Å²) in [5, 5.41) is 7.70. The van der Waals surface area contributed by atoms with Gasteiger partial charge in [0.2, 0.25) is 0 Å². The molecule has 0 saturated heterocycles. The maximum absolute atomic E-state index is 13.6. The van der Waals surface area contributed by atoms with Gasteiger partial charge in [0.25, 0.3) is 5.91 Å². The average Bonchev–Trinajstić information content (AvgIpc) is 2.69. The Balaban J connectivity index is 1.92. The monoisotopic (exact) mass is 416 g/mol. The molecule has 0 atom stereocenters. The van der Waals surface area contributed by atoms with Crippen LogP contribution >= 0.6 is 0 Å². The number of amides is 1. The van der Waals surface area contributed by atoms with Crippen LogP contribution in [0.2, 0.25) is 0 Å². The summed E-state index contributed by atoms with van der Waals surface area (Å²) in [6.07, 6.45) is -3.19. The van der Waals surface area contributed by atoms with Gasteiger partial charge in [-0.25, -0.2) is 4.39 Å². The Labute approximate surface area is 169 Å². The molecule has 0 unspecified atom stereocenters. The quantitative estimate of drug-likeness (QED) is 0.552. The van der Waals surface area contributed by atoms with Crippen molar-refractivity contribution in [2.24, 2.45) is 0 Å². The second kappa shape index (κ2) is 7.08. The van der Waals surface area contributed by atoms with Crippen molar-refractivity contribution in [3.05, 3.63) is 76.9 Å². The zero-order valence-corrected chi connectivity index (χ0v) is 16.0. The van der Waals surface area contributed by atoms with Crippen LogP contribution in [-0.2, 0) is 6.18 Å². The minimum Gasteiger partial charge on any atom is -0.322 e. The molecule has 0 N–H and O–H groups in total. The fraction of sp³-hybridized carbons (Fsp3) is 0.190. The van der Waals surface area contributed by atoms with Crippen LogP contribution in [0.5, 0.6) is 0 Å². The lowest BCUT2D eigenvalue weighted by atomic mass is 10.0. The fourth-order valence-electron chi connectivity index (χ4n) is 3.54. The molecule has 2 aromatic carbocycles. The third-order valence-corrected chi connectivity index (χ3v) is 4.99. The molecular formula is C21H16F4N4O. The molecule has 1 aliphatic heterocycles. The van der Waals surface area contributed by atoms with Gasteiger partial charge in [-0.05, 0) is 61.9 Å². The molecule has 0 aliphatic carbocycles. The molecule has 5 nitrogen and oxygen atoms in total. The number of nitrogens with zero attached hydrogens (tertiary/aromatic N) is 4. The number of hydrogen-bond donors (Lipinski definition) is 0. The van der Waals surface area contributed by atoms with Gasteiger partial charge in [0.15, 0.2) is 0 Å². The van der Waals surface area contributed by atoms with E-state index in [4.69, 9.17) is 0 Å². The summed E-state index contributed by atoms with van der Waals surface area (Å²) in [6.45, 7) is 3.38. The van der Waals surface area contributed by atoms with Gasteiger partial charge in [-0.3, -0.25) is 9.69 Å². The van der Waals surface area contributed by atoms with Gasteiger partial charge >= 0.3 is 6.18 Å². The normalized spacial score (nSPS) is 14.1. The largest absolute Gasteiger partial charge is 0.416 e. The second-order valence-corrected chi connectivity index (χ2v) is 6.96. The Bertz CT molecular complexity index is 1150. The predicted octanol–water partition coefficient (Wildman–Crippen LogP) is 5.01. The van der Waals surface area contributed by atoms with Gasteiger partial charge in [-0.1, -0.05) is 0 Å².